The van der Waals surface area contributed by atoms with Gasteiger partial charge in [0.05, 0.1) is 0 Å². The lowest BCUT2D eigenvalue weighted by atomic mass is 10.1. The Hall–Kier alpha value is -1.07. The number of benzene rings is 1. The van der Waals surface area contributed by atoms with Crippen LogP contribution in [-0.4, -0.2) is 23.8 Å². The lowest BCUT2D eigenvalue weighted by Crippen LogP contribution is -2.38. The molecule has 0 aromatic heterocycles. The van der Waals surface area contributed by atoms with E-state index in [4.69, 9.17) is 5.11 Å². The van der Waals surface area contributed by atoms with Crippen molar-refractivity contribution in [1.82, 2.24) is 5.32 Å². The molecule has 0 heterocycles. The van der Waals surface area contributed by atoms with Crippen molar-refractivity contribution in [2.75, 3.05) is 11.9 Å². The maximum atomic E-state index is 11.7. The van der Waals surface area contributed by atoms with E-state index in [0.717, 1.165) is 22.1 Å². The number of rotatable bonds is 5. The van der Waals surface area contributed by atoms with Crippen LogP contribution in [0, 0.1) is 6.92 Å². The summed E-state index contributed by atoms with van der Waals surface area (Å²) >= 11 is 3.41. The molecule has 1 aromatic carbocycles. The summed E-state index contributed by atoms with van der Waals surface area (Å²) in [5.74, 6) is 0. The third-order valence-electron chi connectivity index (χ3n) is 2.72. The van der Waals surface area contributed by atoms with Gasteiger partial charge in [-0.2, -0.15) is 0 Å². The maximum Gasteiger partial charge on any atom is 0.319 e. The molecule has 0 aliphatic heterocycles. The van der Waals surface area contributed by atoms with E-state index in [9.17, 15) is 4.79 Å². The summed E-state index contributed by atoms with van der Waals surface area (Å²) in [6.45, 7) is 4.02. The molecule has 1 rings (SSSR count). The molecule has 0 saturated carbocycles. The van der Waals surface area contributed by atoms with Crippen LogP contribution in [0.5, 0.6) is 0 Å². The van der Waals surface area contributed by atoms with Gasteiger partial charge in [0.15, 0.2) is 0 Å². The molecule has 18 heavy (non-hydrogen) atoms. The first-order valence-electron chi connectivity index (χ1n) is 6.01. The first kappa shape index (κ1) is 15.0. The summed E-state index contributed by atoms with van der Waals surface area (Å²) in [5.41, 5.74) is 1.82. The van der Waals surface area contributed by atoms with E-state index in [1.165, 1.54) is 0 Å². The van der Waals surface area contributed by atoms with E-state index in [2.05, 4.69) is 26.6 Å². The molecule has 0 fully saturated rings. The molecule has 0 radical (unpaired) electrons. The topological polar surface area (TPSA) is 61.4 Å². The average molecular weight is 315 g/mol. The average Bonchev–Trinajstić information content (AvgIpc) is 2.33. The number of amides is 2. The number of hydrogen-bond acceptors (Lipinski definition) is 2. The van der Waals surface area contributed by atoms with Crippen LogP contribution < -0.4 is 10.6 Å². The molecule has 1 atom stereocenters. The van der Waals surface area contributed by atoms with Crippen LogP contribution in [0.25, 0.3) is 0 Å². The van der Waals surface area contributed by atoms with Gasteiger partial charge in [-0.25, -0.2) is 4.79 Å². The number of carbonyl (C=O) groups excluding carboxylic acids is 1. The van der Waals surface area contributed by atoms with Gasteiger partial charge in [-0.15, -0.1) is 0 Å². The quantitative estimate of drug-likeness (QED) is 0.782. The molecule has 0 aliphatic carbocycles. The highest BCUT2D eigenvalue weighted by Crippen LogP contribution is 2.19. The number of anilines is 1. The lowest BCUT2D eigenvalue weighted by Gasteiger charge is -2.16. The molecule has 0 bridgehead atoms. The Balaban J connectivity index is 2.55. The first-order valence-corrected chi connectivity index (χ1v) is 6.80. The predicted octanol–water partition coefficient (Wildman–Crippen LogP) is 3.04. The fourth-order valence-electron chi connectivity index (χ4n) is 1.61. The Labute approximate surface area is 116 Å². The monoisotopic (exact) mass is 314 g/mol. The number of aliphatic hydroxyl groups excluding tert-OH is 1. The highest BCUT2D eigenvalue weighted by atomic mass is 79.9. The molecule has 1 aromatic rings. The predicted molar refractivity (Wildman–Crippen MR) is 76.8 cm³/mol. The highest BCUT2D eigenvalue weighted by molar-refractivity contribution is 9.10. The van der Waals surface area contributed by atoms with Crippen molar-refractivity contribution in [2.24, 2.45) is 0 Å². The minimum atomic E-state index is -0.239. The zero-order valence-electron chi connectivity index (χ0n) is 10.7. The van der Waals surface area contributed by atoms with Gasteiger partial charge in [0, 0.05) is 22.8 Å². The van der Waals surface area contributed by atoms with Crippen molar-refractivity contribution < 1.29 is 9.90 Å². The van der Waals surface area contributed by atoms with Crippen LogP contribution in [-0.2, 0) is 0 Å². The lowest BCUT2D eigenvalue weighted by molar-refractivity contribution is 0.237. The second-order valence-electron chi connectivity index (χ2n) is 4.18. The first-order chi connectivity index (χ1) is 8.56. The maximum absolute atomic E-state index is 11.7. The number of carbonyl (C=O) groups is 1. The minimum absolute atomic E-state index is 0.00606. The fourth-order valence-corrected chi connectivity index (χ4v) is 1.86. The van der Waals surface area contributed by atoms with E-state index < -0.39 is 0 Å². The Bertz CT molecular complexity index is 410. The van der Waals surface area contributed by atoms with Gasteiger partial charge in [0.2, 0.25) is 0 Å². The van der Waals surface area contributed by atoms with Gasteiger partial charge in [0.1, 0.15) is 0 Å². The van der Waals surface area contributed by atoms with Gasteiger partial charge in [-0.3, -0.25) is 0 Å². The number of urea groups is 1. The van der Waals surface area contributed by atoms with Gasteiger partial charge >= 0.3 is 6.03 Å². The van der Waals surface area contributed by atoms with Crippen molar-refractivity contribution in [2.45, 2.75) is 32.7 Å². The Kier molecular flexibility index (Phi) is 6.15. The molecular formula is C13H19BrN2O2. The van der Waals surface area contributed by atoms with E-state index in [1.54, 1.807) is 0 Å². The van der Waals surface area contributed by atoms with Gasteiger partial charge in [-0.05, 0) is 43.5 Å². The van der Waals surface area contributed by atoms with Crippen molar-refractivity contribution in [3.05, 3.63) is 28.2 Å². The third-order valence-corrected chi connectivity index (χ3v) is 3.61. The van der Waals surface area contributed by atoms with Gasteiger partial charge in [-0.1, -0.05) is 22.9 Å². The summed E-state index contributed by atoms with van der Waals surface area (Å²) in [4.78, 5) is 11.7. The summed E-state index contributed by atoms with van der Waals surface area (Å²) < 4.78 is 1.01. The summed E-state index contributed by atoms with van der Waals surface area (Å²) in [6.07, 6.45) is 1.37. The second-order valence-corrected chi connectivity index (χ2v) is 5.03. The molecule has 0 spiro atoms. The Morgan fingerprint density at radius 2 is 2.22 bits per heavy atom. The van der Waals surface area contributed by atoms with Gasteiger partial charge in [0.25, 0.3) is 0 Å². The molecule has 2 amide bonds. The summed E-state index contributed by atoms with van der Waals surface area (Å²) in [6, 6.07) is 5.40. The minimum Gasteiger partial charge on any atom is -0.396 e. The smallest absolute Gasteiger partial charge is 0.319 e. The van der Waals surface area contributed by atoms with Crippen molar-refractivity contribution in [1.29, 1.82) is 0 Å². The van der Waals surface area contributed by atoms with Gasteiger partial charge < -0.3 is 15.7 Å². The Morgan fingerprint density at radius 1 is 1.50 bits per heavy atom. The van der Waals surface area contributed by atoms with Crippen LogP contribution in [0.15, 0.2) is 22.7 Å². The Morgan fingerprint density at radius 3 is 2.78 bits per heavy atom. The van der Waals surface area contributed by atoms with Crippen LogP contribution in [0.4, 0.5) is 10.5 Å². The molecule has 100 valence electrons. The molecule has 0 aliphatic rings. The standard InChI is InChI=1S/C13H19BrN2O2/c1-3-10(6-7-17)15-13(18)16-11-4-5-12(14)9(2)8-11/h4-5,8,10,17H,3,6-7H2,1-2H3,(H2,15,16,18). The number of nitrogens with one attached hydrogen (secondary N) is 2. The normalized spacial score (nSPS) is 12.0. The van der Waals surface area contributed by atoms with Crippen LogP contribution in [0.3, 0.4) is 0 Å². The molecule has 4 nitrogen and oxygen atoms in total. The highest BCUT2D eigenvalue weighted by Gasteiger charge is 2.09. The largest absolute Gasteiger partial charge is 0.396 e. The zero-order chi connectivity index (χ0) is 13.5. The van der Waals surface area contributed by atoms with Crippen LogP contribution in [0.2, 0.25) is 0 Å². The number of hydrogen-bond donors (Lipinski definition) is 3. The second kappa shape index (κ2) is 7.38. The number of aryl methyl sites for hydroxylation is 1. The van der Waals surface area contributed by atoms with E-state index in [-0.39, 0.29) is 18.7 Å². The van der Waals surface area contributed by atoms with E-state index in [1.807, 2.05) is 32.0 Å². The third kappa shape index (κ3) is 4.66. The summed E-state index contributed by atoms with van der Waals surface area (Å²) in [7, 11) is 0. The molecule has 0 saturated heterocycles. The van der Waals surface area contributed by atoms with Crippen LogP contribution >= 0.6 is 15.9 Å². The van der Waals surface area contributed by atoms with Crippen molar-refractivity contribution in [3.63, 3.8) is 0 Å². The summed E-state index contributed by atoms with van der Waals surface area (Å²) in [5, 5.41) is 14.5. The number of halogens is 1. The number of aliphatic hydroxyl groups is 1. The fraction of sp³-hybridized carbons (Fsp3) is 0.462. The molecule has 3 N–H and O–H groups in total. The zero-order valence-corrected chi connectivity index (χ0v) is 12.3. The molecular weight excluding hydrogens is 296 g/mol. The molecule has 5 heteroatoms. The van der Waals surface area contributed by atoms with E-state index in [0.29, 0.717) is 6.42 Å². The van der Waals surface area contributed by atoms with E-state index >= 15 is 0 Å². The molecule has 1 unspecified atom stereocenters. The van der Waals surface area contributed by atoms with Crippen LogP contribution in [0.1, 0.15) is 25.3 Å². The SMILES string of the molecule is CCC(CCO)NC(=O)Nc1ccc(Br)c(C)c1. The van der Waals surface area contributed by atoms with Crippen molar-refractivity contribution >= 4 is 27.6 Å². The van der Waals surface area contributed by atoms with Crippen molar-refractivity contribution in [3.8, 4) is 0 Å².